The number of carbonyl (C=O) groups excluding carboxylic acids is 1. The number of aromatic amines is 1. The summed E-state index contributed by atoms with van der Waals surface area (Å²) in [6.07, 6.45) is 4.93. The summed E-state index contributed by atoms with van der Waals surface area (Å²) < 4.78 is 0. The molecule has 0 fully saturated rings. The van der Waals surface area contributed by atoms with E-state index in [9.17, 15) is 9.59 Å². The van der Waals surface area contributed by atoms with Gasteiger partial charge in [-0.15, -0.1) is 0 Å². The largest absolute Gasteiger partial charge is 0.338 e. The minimum Gasteiger partial charge on any atom is -0.338 e. The zero-order valence-corrected chi connectivity index (χ0v) is 15.7. The van der Waals surface area contributed by atoms with Crippen LogP contribution < -0.4 is 5.56 Å². The van der Waals surface area contributed by atoms with Gasteiger partial charge in [-0.05, 0) is 24.5 Å². The summed E-state index contributed by atoms with van der Waals surface area (Å²) in [4.78, 5) is 34.3. The molecule has 5 nitrogen and oxygen atoms in total. The maximum Gasteiger partial charge on any atom is 0.256 e. The second kappa shape index (κ2) is 8.30. The van der Waals surface area contributed by atoms with Crippen molar-refractivity contribution < 1.29 is 4.79 Å². The lowest BCUT2D eigenvalue weighted by Gasteiger charge is -2.28. The molecule has 0 aliphatic carbocycles. The average Bonchev–Trinajstić information content (AvgIpc) is 2.63. The standard InChI is InChI=1S/C21H27N3O2/c1-3-4-5-10-20(25)24-12-11-18-17(14-24)21(26)23-19(22-18)13-16-9-7-6-8-15(16)2/h6-9H,3-5,10-14H2,1-2H3,(H,22,23,26). The van der Waals surface area contributed by atoms with Gasteiger partial charge in [-0.3, -0.25) is 9.59 Å². The fraction of sp³-hybridized carbons (Fsp3) is 0.476. The lowest BCUT2D eigenvalue weighted by molar-refractivity contribution is -0.132. The Morgan fingerprint density at radius 2 is 2.08 bits per heavy atom. The van der Waals surface area contributed by atoms with Crippen LogP contribution in [0.5, 0.6) is 0 Å². The number of carbonyl (C=O) groups is 1. The van der Waals surface area contributed by atoms with E-state index in [2.05, 4.69) is 35.9 Å². The van der Waals surface area contributed by atoms with E-state index >= 15 is 0 Å². The number of hydrogen-bond donors (Lipinski definition) is 1. The number of nitrogens with one attached hydrogen (secondary N) is 1. The first-order chi connectivity index (χ1) is 12.6. The molecule has 1 aromatic heterocycles. The number of aryl methyl sites for hydroxylation is 1. The Hall–Kier alpha value is -2.43. The van der Waals surface area contributed by atoms with Gasteiger partial charge in [0.2, 0.25) is 5.91 Å². The first-order valence-corrected chi connectivity index (χ1v) is 9.51. The molecule has 0 radical (unpaired) electrons. The summed E-state index contributed by atoms with van der Waals surface area (Å²) in [5.41, 5.74) is 3.74. The maximum atomic E-state index is 12.6. The van der Waals surface area contributed by atoms with E-state index < -0.39 is 0 Å². The molecular weight excluding hydrogens is 326 g/mol. The third-order valence-corrected chi connectivity index (χ3v) is 5.08. The number of unbranched alkanes of at least 4 members (excludes halogenated alkanes) is 2. The second-order valence-corrected chi connectivity index (χ2v) is 7.06. The quantitative estimate of drug-likeness (QED) is 0.812. The Morgan fingerprint density at radius 1 is 1.27 bits per heavy atom. The molecule has 1 amide bonds. The summed E-state index contributed by atoms with van der Waals surface area (Å²) >= 11 is 0. The van der Waals surface area contributed by atoms with Crippen molar-refractivity contribution in [3.05, 3.63) is 62.8 Å². The number of amides is 1. The molecule has 0 bridgehead atoms. The molecule has 1 aromatic carbocycles. The molecule has 0 saturated heterocycles. The third kappa shape index (κ3) is 4.21. The maximum absolute atomic E-state index is 12.6. The lowest BCUT2D eigenvalue weighted by atomic mass is 10.0. The van der Waals surface area contributed by atoms with Crippen LogP contribution in [0.3, 0.4) is 0 Å². The van der Waals surface area contributed by atoms with Gasteiger partial charge in [0, 0.05) is 25.8 Å². The van der Waals surface area contributed by atoms with Gasteiger partial charge in [0.05, 0.1) is 17.8 Å². The highest BCUT2D eigenvalue weighted by molar-refractivity contribution is 5.76. The number of hydrogen-bond acceptors (Lipinski definition) is 3. The lowest BCUT2D eigenvalue weighted by Crippen LogP contribution is -2.39. The number of aromatic nitrogens is 2. The van der Waals surface area contributed by atoms with Gasteiger partial charge in [0.25, 0.3) is 5.56 Å². The van der Waals surface area contributed by atoms with Crippen molar-refractivity contribution in [2.45, 2.75) is 58.9 Å². The minimum absolute atomic E-state index is 0.107. The zero-order valence-electron chi connectivity index (χ0n) is 15.7. The normalized spacial score (nSPS) is 13.5. The topological polar surface area (TPSA) is 66.1 Å². The highest BCUT2D eigenvalue weighted by Gasteiger charge is 2.24. The molecule has 1 aliphatic rings. The molecular formula is C21H27N3O2. The summed E-state index contributed by atoms with van der Waals surface area (Å²) in [5.74, 6) is 0.846. The number of rotatable bonds is 6. The molecule has 3 rings (SSSR count). The van der Waals surface area contributed by atoms with Crippen molar-refractivity contribution in [1.82, 2.24) is 14.9 Å². The monoisotopic (exact) mass is 353 g/mol. The molecule has 1 N–H and O–H groups in total. The minimum atomic E-state index is -0.107. The van der Waals surface area contributed by atoms with Crippen LogP contribution in [0.4, 0.5) is 0 Å². The van der Waals surface area contributed by atoms with Crippen LogP contribution in [0.25, 0.3) is 0 Å². The molecule has 0 spiro atoms. The summed E-state index contributed by atoms with van der Waals surface area (Å²) in [6.45, 7) is 5.22. The molecule has 2 heterocycles. The Kier molecular flexibility index (Phi) is 5.86. The van der Waals surface area contributed by atoms with E-state index in [-0.39, 0.29) is 11.5 Å². The summed E-state index contributed by atoms with van der Waals surface area (Å²) in [6, 6.07) is 8.13. The van der Waals surface area contributed by atoms with Gasteiger partial charge in [-0.2, -0.15) is 0 Å². The second-order valence-electron chi connectivity index (χ2n) is 7.06. The van der Waals surface area contributed by atoms with Crippen molar-refractivity contribution in [2.75, 3.05) is 6.54 Å². The van der Waals surface area contributed by atoms with Crippen LogP contribution in [0.2, 0.25) is 0 Å². The predicted octanol–water partition coefficient (Wildman–Crippen LogP) is 3.13. The van der Waals surface area contributed by atoms with Gasteiger partial charge in [-0.25, -0.2) is 4.98 Å². The van der Waals surface area contributed by atoms with Crippen LogP contribution in [0, 0.1) is 6.92 Å². The predicted molar refractivity (Wildman–Crippen MR) is 102 cm³/mol. The molecule has 26 heavy (non-hydrogen) atoms. The Balaban J connectivity index is 1.74. The fourth-order valence-electron chi connectivity index (χ4n) is 3.45. The number of nitrogens with zero attached hydrogens (tertiary/aromatic N) is 2. The smallest absolute Gasteiger partial charge is 0.256 e. The van der Waals surface area contributed by atoms with E-state index in [1.807, 2.05) is 12.1 Å². The van der Waals surface area contributed by atoms with Crippen molar-refractivity contribution in [2.24, 2.45) is 0 Å². The fourth-order valence-corrected chi connectivity index (χ4v) is 3.45. The SMILES string of the molecule is CCCCCC(=O)N1CCc2nc(Cc3ccccc3C)[nH]c(=O)c2C1. The molecule has 1 aliphatic heterocycles. The van der Waals surface area contributed by atoms with Crippen molar-refractivity contribution >= 4 is 5.91 Å². The van der Waals surface area contributed by atoms with Crippen LogP contribution in [-0.2, 0) is 24.2 Å². The zero-order chi connectivity index (χ0) is 18.5. The molecule has 0 atom stereocenters. The van der Waals surface area contributed by atoms with Gasteiger partial charge in [0.15, 0.2) is 0 Å². The van der Waals surface area contributed by atoms with Gasteiger partial charge >= 0.3 is 0 Å². The first-order valence-electron chi connectivity index (χ1n) is 9.51. The molecule has 2 aromatic rings. The van der Waals surface area contributed by atoms with Crippen LogP contribution >= 0.6 is 0 Å². The Labute approximate surface area is 154 Å². The summed E-state index contributed by atoms with van der Waals surface area (Å²) in [7, 11) is 0. The Morgan fingerprint density at radius 3 is 2.85 bits per heavy atom. The van der Waals surface area contributed by atoms with Gasteiger partial charge in [-0.1, -0.05) is 44.0 Å². The van der Waals surface area contributed by atoms with Crippen LogP contribution in [0.15, 0.2) is 29.1 Å². The number of benzene rings is 1. The number of fused-ring (bicyclic) bond motifs is 1. The highest BCUT2D eigenvalue weighted by Crippen LogP contribution is 2.17. The van der Waals surface area contributed by atoms with Crippen LogP contribution in [-0.4, -0.2) is 27.3 Å². The molecule has 0 saturated carbocycles. The highest BCUT2D eigenvalue weighted by atomic mass is 16.2. The van der Waals surface area contributed by atoms with Crippen LogP contribution in [0.1, 0.15) is 60.8 Å². The third-order valence-electron chi connectivity index (χ3n) is 5.08. The van der Waals surface area contributed by atoms with E-state index in [1.54, 1.807) is 4.90 Å². The summed E-state index contributed by atoms with van der Waals surface area (Å²) in [5, 5.41) is 0. The van der Waals surface area contributed by atoms with E-state index in [4.69, 9.17) is 0 Å². The Bertz CT molecular complexity index is 841. The van der Waals surface area contributed by atoms with Gasteiger partial charge in [0.1, 0.15) is 5.82 Å². The first kappa shape index (κ1) is 18.4. The van der Waals surface area contributed by atoms with E-state index in [1.165, 1.54) is 11.1 Å². The van der Waals surface area contributed by atoms with Crippen molar-refractivity contribution in [1.29, 1.82) is 0 Å². The van der Waals surface area contributed by atoms with Crippen molar-refractivity contribution in [3.63, 3.8) is 0 Å². The molecule has 138 valence electrons. The van der Waals surface area contributed by atoms with E-state index in [0.717, 1.165) is 25.0 Å². The van der Waals surface area contributed by atoms with Gasteiger partial charge < -0.3 is 9.88 Å². The van der Waals surface area contributed by atoms with Crippen molar-refractivity contribution in [3.8, 4) is 0 Å². The molecule has 0 unspecified atom stereocenters. The number of H-pyrrole nitrogens is 1. The average molecular weight is 353 g/mol. The molecule has 5 heteroatoms. The van der Waals surface area contributed by atoms with E-state index in [0.29, 0.717) is 43.7 Å².